The number of nitrogens with one attached hydrogen (secondary N) is 1. The highest BCUT2D eigenvalue weighted by Gasteiger charge is 2.32. The van der Waals surface area contributed by atoms with Crippen LogP contribution < -0.4 is 5.56 Å². The first-order valence-corrected chi connectivity index (χ1v) is 8.25. The molecule has 0 aliphatic carbocycles. The van der Waals surface area contributed by atoms with Gasteiger partial charge in [0.05, 0.1) is 6.04 Å². The Morgan fingerprint density at radius 2 is 1.68 bits per heavy atom. The van der Waals surface area contributed by atoms with Crippen LogP contribution in [0.5, 0.6) is 0 Å². The van der Waals surface area contributed by atoms with Gasteiger partial charge in [0.2, 0.25) is 0 Å². The standard InChI is InChI=1S/C21H15N3O/c25-21-16-11-5-4-10-15(16)18-19(14-8-2-1-3-9-14)24-13-7-6-12-17(24)22-20(18)23-21/h1-13,19H,(H,23,25). The third kappa shape index (κ3) is 2.08. The molecule has 0 spiro atoms. The average molecular weight is 325 g/mol. The van der Waals surface area contributed by atoms with Crippen LogP contribution in [0.15, 0.2) is 88.8 Å². The summed E-state index contributed by atoms with van der Waals surface area (Å²) in [6.07, 6.45) is 7.97. The van der Waals surface area contributed by atoms with Crippen molar-refractivity contribution in [2.24, 2.45) is 4.99 Å². The molecule has 2 aromatic carbocycles. The number of fused-ring (bicyclic) bond motifs is 4. The SMILES string of the molecule is O=c1[nH]c2c(c3ccccc13)C(c1ccccc1)N1C=CC=CC1=N2. The highest BCUT2D eigenvalue weighted by molar-refractivity contribution is 6.01. The zero-order valence-corrected chi connectivity index (χ0v) is 13.4. The molecule has 0 radical (unpaired) electrons. The molecule has 2 aliphatic heterocycles. The summed E-state index contributed by atoms with van der Waals surface area (Å²) in [5.41, 5.74) is 2.09. The Hall–Kier alpha value is -3.40. The number of rotatable bonds is 1. The Labute approximate surface area is 144 Å². The van der Waals surface area contributed by atoms with Gasteiger partial charge in [0.1, 0.15) is 11.7 Å². The van der Waals surface area contributed by atoms with Gasteiger partial charge in [-0.25, -0.2) is 4.99 Å². The molecule has 2 aliphatic rings. The van der Waals surface area contributed by atoms with Gasteiger partial charge in [-0.2, -0.15) is 0 Å². The number of hydrogen-bond donors (Lipinski definition) is 1. The Bertz CT molecular complexity index is 1120. The Morgan fingerprint density at radius 1 is 0.920 bits per heavy atom. The van der Waals surface area contributed by atoms with Crippen LogP contribution in [-0.4, -0.2) is 15.7 Å². The van der Waals surface area contributed by atoms with Gasteiger partial charge in [0, 0.05) is 17.1 Å². The Kier molecular flexibility index (Phi) is 2.97. The lowest BCUT2D eigenvalue weighted by molar-refractivity contribution is 0.465. The number of benzene rings is 2. The maximum Gasteiger partial charge on any atom is 0.257 e. The first kappa shape index (κ1) is 14.0. The van der Waals surface area contributed by atoms with E-state index in [1.165, 1.54) is 0 Å². The van der Waals surface area contributed by atoms with Crippen molar-refractivity contribution in [3.63, 3.8) is 0 Å². The second-order valence-corrected chi connectivity index (χ2v) is 6.15. The van der Waals surface area contributed by atoms with E-state index in [0.717, 1.165) is 22.3 Å². The van der Waals surface area contributed by atoms with Crippen LogP contribution in [0, 0.1) is 0 Å². The zero-order valence-electron chi connectivity index (χ0n) is 13.4. The quantitative estimate of drug-likeness (QED) is 0.734. The first-order chi connectivity index (χ1) is 12.3. The first-order valence-electron chi connectivity index (χ1n) is 8.25. The molecule has 120 valence electrons. The Balaban J connectivity index is 1.90. The van der Waals surface area contributed by atoms with Crippen LogP contribution in [0.25, 0.3) is 10.8 Å². The average Bonchev–Trinajstić information content (AvgIpc) is 2.67. The van der Waals surface area contributed by atoms with Crippen molar-refractivity contribution < 1.29 is 0 Å². The summed E-state index contributed by atoms with van der Waals surface area (Å²) in [5.74, 6) is 1.47. The van der Waals surface area contributed by atoms with Crippen LogP contribution in [0.4, 0.5) is 5.82 Å². The molecule has 5 rings (SSSR count). The largest absolute Gasteiger partial charge is 0.321 e. The lowest BCUT2D eigenvalue weighted by Gasteiger charge is -2.36. The zero-order chi connectivity index (χ0) is 16.8. The van der Waals surface area contributed by atoms with E-state index < -0.39 is 0 Å². The fraction of sp³-hybridized carbons (Fsp3) is 0.0476. The predicted molar refractivity (Wildman–Crippen MR) is 100 cm³/mol. The van der Waals surface area contributed by atoms with Crippen molar-refractivity contribution in [3.8, 4) is 0 Å². The van der Waals surface area contributed by atoms with Crippen molar-refractivity contribution in [2.75, 3.05) is 0 Å². The second-order valence-electron chi connectivity index (χ2n) is 6.15. The molecular formula is C21H15N3O. The fourth-order valence-corrected chi connectivity index (χ4v) is 3.63. The number of hydrogen-bond acceptors (Lipinski definition) is 3. The molecular weight excluding hydrogens is 310 g/mol. The number of aromatic nitrogens is 1. The van der Waals surface area contributed by atoms with Crippen LogP contribution >= 0.6 is 0 Å². The van der Waals surface area contributed by atoms with Crippen LogP contribution in [0.3, 0.4) is 0 Å². The van der Waals surface area contributed by atoms with Gasteiger partial charge < -0.3 is 9.88 Å². The molecule has 4 heteroatoms. The molecule has 1 N–H and O–H groups in total. The minimum absolute atomic E-state index is 0.0355. The van der Waals surface area contributed by atoms with Gasteiger partial charge in [-0.1, -0.05) is 54.6 Å². The number of pyridine rings is 1. The van der Waals surface area contributed by atoms with E-state index in [4.69, 9.17) is 4.99 Å². The molecule has 3 heterocycles. The highest BCUT2D eigenvalue weighted by atomic mass is 16.1. The maximum atomic E-state index is 12.5. The topological polar surface area (TPSA) is 48.5 Å². The molecule has 0 saturated carbocycles. The summed E-state index contributed by atoms with van der Waals surface area (Å²) in [5, 5.41) is 1.64. The number of aliphatic imine (C=N–C) groups is 1. The predicted octanol–water partition coefficient (Wildman–Crippen LogP) is 4.05. The van der Waals surface area contributed by atoms with Gasteiger partial charge in [0.25, 0.3) is 5.56 Å². The molecule has 4 nitrogen and oxygen atoms in total. The summed E-state index contributed by atoms with van der Waals surface area (Å²) in [7, 11) is 0. The Morgan fingerprint density at radius 3 is 2.52 bits per heavy atom. The number of amidine groups is 1. The summed E-state index contributed by atoms with van der Waals surface area (Å²) < 4.78 is 0. The number of allylic oxidation sites excluding steroid dienone is 2. The number of H-pyrrole nitrogens is 1. The summed E-state index contributed by atoms with van der Waals surface area (Å²) in [6.45, 7) is 0. The van der Waals surface area contributed by atoms with Gasteiger partial charge in [-0.15, -0.1) is 0 Å². The van der Waals surface area contributed by atoms with Gasteiger partial charge >= 0.3 is 0 Å². The molecule has 1 unspecified atom stereocenters. The van der Waals surface area contributed by atoms with E-state index in [-0.39, 0.29) is 11.6 Å². The molecule has 0 fully saturated rings. The highest BCUT2D eigenvalue weighted by Crippen LogP contribution is 2.41. The van der Waals surface area contributed by atoms with Crippen molar-refractivity contribution >= 4 is 22.4 Å². The van der Waals surface area contributed by atoms with Crippen LogP contribution in [-0.2, 0) is 0 Å². The fourth-order valence-electron chi connectivity index (χ4n) is 3.63. The van der Waals surface area contributed by atoms with E-state index in [1.807, 2.05) is 66.9 Å². The van der Waals surface area contributed by atoms with Gasteiger partial charge in [-0.05, 0) is 29.2 Å². The van der Waals surface area contributed by atoms with Gasteiger partial charge in [0.15, 0.2) is 0 Å². The van der Waals surface area contributed by atoms with Gasteiger partial charge in [-0.3, -0.25) is 4.79 Å². The lowest BCUT2D eigenvalue weighted by atomic mass is 9.91. The second kappa shape index (κ2) is 5.31. The summed E-state index contributed by atoms with van der Waals surface area (Å²) in [6, 6.07) is 18.0. The smallest absolute Gasteiger partial charge is 0.257 e. The molecule has 1 atom stereocenters. The van der Waals surface area contributed by atoms with Crippen molar-refractivity contribution in [1.29, 1.82) is 0 Å². The normalized spacial score (nSPS) is 18.0. The third-order valence-corrected chi connectivity index (χ3v) is 4.71. The van der Waals surface area contributed by atoms with E-state index in [0.29, 0.717) is 11.2 Å². The van der Waals surface area contributed by atoms with E-state index in [2.05, 4.69) is 22.0 Å². The summed E-state index contributed by atoms with van der Waals surface area (Å²) >= 11 is 0. The van der Waals surface area contributed by atoms with Crippen molar-refractivity contribution in [1.82, 2.24) is 9.88 Å². The molecule has 3 aromatic rings. The number of nitrogens with zero attached hydrogens (tertiary/aromatic N) is 2. The molecule has 1 aromatic heterocycles. The molecule has 0 amide bonds. The minimum Gasteiger partial charge on any atom is -0.321 e. The summed E-state index contributed by atoms with van der Waals surface area (Å²) in [4.78, 5) is 22.3. The van der Waals surface area contributed by atoms with Crippen molar-refractivity contribution in [2.45, 2.75) is 6.04 Å². The van der Waals surface area contributed by atoms with Crippen LogP contribution in [0.2, 0.25) is 0 Å². The van der Waals surface area contributed by atoms with E-state index in [9.17, 15) is 4.79 Å². The van der Waals surface area contributed by atoms with E-state index >= 15 is 0 Å². The van der Waals surface area contributed by atoms with Crippen LogP contribution in [0.1, 0.15) is 17.2 Å². The van der Waals surface area contributed by atoms with E-state index in [1.54, 1.807) is 0 Å². The molecule has 25 heavy (non-hydrogen) atoms. The van der Waals surface area contributed by atoms with Crippen molar-refractivity contribution in [3.05, 3.63) is 101 Å². The maximum absolute atomic E-state index is 12.5. The monoisotopic (exact) mass is 325 g/mol. The third-order valence-electron chi connectivity index (χ3n) is 4.71. The molecule has 0 bridgehead atoms. The minimum atomic E-state index is -0.103. The molecule has 0 saturated heterocycles. The number of aromatic amines is 1. The lowest BCUT2D eigenvalue weighted by Crippen LogP contribution is -2.34.